The van der Waals surface area contributed by atoms with E-state index in [4.69, 9.17) is 0 Å². The number of rotatable bonds is 3. The van der Waals surface area contributed by atoms with E-state index in [1.165, 1.54) is 31.2 Å². The predicted octanol–water partition coefficient (Wildman–Crippen LogP) is 4.22. The summed E-state index contributed by atoms with van der Waals surface area (Å²) in [5.74, 6) is 2.14. The fourth-order valence-electron chi connectivity index (χ4n) is 2.98. The molecule has 2 aromatic rings. The molecule has 2 aromatic heterocycles. The standard InChI is InChI=1S/C17H22N4/c1-12-4-6-14(7-5-12)15-10-16(13(2)20-11-15)21-17-18-8-3-9-19-17/h3,8-12,14H,4-7H2,1-2H3,(H,18,19,21). The average Bonchev–Trinajstić information content (AvgIpc) is 2.51. The Morgan fingerprint density at radius 2 is 1.76 bits per heavy atom. The van der Waals surface area contributed by atoms with Gasteiger partial charge < -0.3 is 5.32 Å². The van der Waals surface area contributed by atoms with Crippen LogP contribution >= 0.6 is 0 Å². The van der Waals surface area contributed by atoms with Crippen LogP contribution in [-0.2, 0) is 0 Å². The zero-order valence-electron chi connectivity index (χ0n) is 12.7. The van der Waals surface area contributed by atoms with Gasteiger partial charge in [-0.3, -0.25) is 4.98 Å². The van der Waals surface area contributed by atoms with Gasteiger partial charge in [-0.05, 0) is 49.3 Å². The SMILES string of the molecule is Cc1ncc(C2CCC(C)CC2)cc1Nc1ncccn1. The van der Waals surface area contributed by atoms with E-state index < -0.39 is 0 Å². The Hall–Kier alpha value is -1.97. The second-order valence-electron chi connectivity index (χ2n) is 6.06. The molecule has 110 valence electrons. The molecule has 1 aliphatic rings. The maximum Gasteiger partial charge on any atom is 0.227 e. The van der Waals surface area contributed by atoms with E-state index in [2.05, 4.69) is 33.3 Å². The molecule has 1 aliphatic carbocycles. The largest absolute Gasteiger partial charge is 0.323 e. The monoisotopic (exact) mass is 282 g/mol. The fourth-order valence-corrected chi connectivity index (χ4v) is 2.98. The molecule has 1 saturated carbocycles. The second kappa shape index (κ2) is 6.20. The van der Waals surface area contributed by atoms with Crippen molar-refractivity contribution < 1.29 is 0 Å². The highest BCUT2D eigenvalue weighted by molar-refractivity contribution is 5.57. The van der Waals surface area contributed by atoms with Crippen molar-refractivity contribution in [1.29, 1.82) is 0 Å². The first kappa shape index (κ1) is 14.0. The predicted molar refractivity (Wildman–Crippen MR) is 84.7 cm³/mol. The van der Waals surface area contributed by atoms with Crippen LogP contribution in [0.5, 0.6) is 0 Å². The zero-order valence-corrected chi connectivity index (χ0v) is 12.7. The minimum atomic E-state index is 0.622. The van der Waals surface area contributed by atoms with Gasteiger partial charge in [0.15, 0.2) is 0 Å². The highest BCUT2D eigenvalue weighted by Crippen LogP contribution is 2.36. The van der Waals surface area contributed by atoms with Gasteiger partial charge in [0.2, 0.25) is 5.95 Å². The first-order chi connectivity index (χ1) is 10.2. The summed E-state index contributed by atoms with van der Waals surface area (Å²) >= 11 is 0. The van der Waals surface area contributed by atoms with Crippen LogP contribution < -0.4 is 5.32 Å². The summed E-state index contributed by atoms with van der Waals surface area (Å²) in [4.78, 5) is 13.0. The molecule has 0 saturated heterocycles. The molecule has 21 heavy (non-hydrogen) atoms. The summed E-state index contributed by atoms with van der Waals surface area (Å²) in [5.41, 5.74) is 3.33. The lowest BCUT2D eigenvalue weighted by molar-refractivity contribution is 0.347. The van der Waals surface area contributed by atoms with Gasteiger partial charge in [0.05, 0.1) is 11.4 Å². The van der Waals surface area contributed by atoms with E-state index in [-0.39, 0.29) is 0 Å². The first-order valence-corrected chi connectivity index (χ1v) is 7.73. The minimum Gasteiger partial charge on any atom is -0.323 e. The number of nitrogens with zero attached hydrogens (tertiary/aromatic N) is 3. The molecule has 0 aliphatic heterocycles. The van der Waals surface area contributed by atoms with E-state index in [0.717, 1.165) is 17.3 Å². The molecule has 0 spiro atoms. The molecule has 2 heterocycles. The summed E-state index contributed by atoms with van der Waals surface area (Å²) in [5, 5.41) is 3.28. The summed E-state index contributed by atoms with van der Waals surface area (Å²) in [6.07, 6.45) is 10.7. The average molecular weight is 282 g/mol. The van der Waals surface area contributed by atoms with Crippen molar-refractivity contribution >= 4 is 11.6 Å². The Morgan fingerprint density at radius 3 is 2.48 bits per heavy atom. The Labute approximate surface area is 126 Å². The van der Waals surface area contributed by atoms with Crippen molar-refractivity contribution in [3.63, 3.8) is 0 Å². The second-order valence-corrected chi connectivity index (χ2v) is 6.06. The summed E-state index contributed by atoms with van der Waals surface area (Å²) < 4.78 is 0. The summed E-state index contributed by atoms with van der Waals surface area (Å²) in [6, 6.07) is 4.04. The molecule has 0 atom stereocenters. The quantitative estimate of drug-likeness (QED) is 0.915. The van der Waals surface area contributed by atoms with Crippen LogP contribution in [0.2, 0.25) is 0 Å². The molecule has 0 aromatic carbocycles. The molecule has 0 amide bonds. The Kier molecular flexibility index (Phi) is 4.13. The Balaban J connectivity index is 1.79. The first-order valence-electron chi connectivity index (χ1n) is 7.73. The Morgan fingerprint density at radius 1 is 1.05 bits per heavy atom. The van der Waals surface area contributed by atoms with Crippen molar-refractivity contribution in [2.24, 2.45) is 5.92 Å². The molecule has 1 N–H and O–H groups in total. The Bertz CT molecular complexity index is 589. The molecule has 4 nitrogen and oxygen atoms in total. The van der Waals surface area contributed by atoms with Gasteiger partial charge in [0.1, 0.15) is 0 Å². The summed E-state index contributed by atoms with van der Waals surface area (Å²) in [6.45, 7) is 4.36. The molecular formula is C17H22N4. The number of anilines is 2. The van der Waals surface area contributed by atoms with E-state index in [1.807, 2.05) is 19.2 Å². The molecule has 0 unspecified atom stereocenters. The van der Waals surface area contributed by atoms with Crippen LogP contribution in [-0.4, -0.2) is 15.0 Å². The summed E-state index contributed by atoms with van der Waals surface area (Å²) in [7, 11) is 0. The van der Waals surface area contributed by atoms with Gasteiger partial charge in [-0.1, -0.05) is 19.8 Å². The van der Waals surface area contributed by atoms with Crippen molar-refractivity contribution in [2.75, 3.05) is 5.32 Å². The lowest BCUT2D eigenvalue weighted by Crippen LogP contribution is -2.11. The third-order valence-electron chi connectivity index (χ3n) is 4.41. The zero-order chi connectivity index (χ0) is 14.7. The molecule has 0 radical (unpaired) electrons. The lowest BCUT2D eigenvalue weighted by Gasteiger charge is -2.26. The number of aromatic nitrogens is 3. The number of hydrogen-bond acceptors (Lipinski definition) is 4. The van der Waals surface area contributed by atoms with E-state index >= 15 is 0 Å². The van der Waals surface area contributed by atoms with E-state index in [0.29, 0.717) is 11.9 Å². The van der Waals surface area contributed by atoms with Gasteiger partial charge in [0.25, 0.3) is 0 Å². The molecule has 4 heteroatoms. The van der Waals surface area contributed by atoms with Crippen LogP contribution in [0.25, 0.3) is 0 Å². The van der Waals surface area contributed by atoms with Crippen molar-refractivity contribution in [2.45, 2.75) is 45.4 Å². The maximum absolute atomic E-state index is 4.55. The van der Waals surface area contributed by atoms with Crippen LogP contribution in [0, 0.1) is 12.8 Å². The number of nitrogens with one attached hydrogen (secondary N) is 1. The number of aryl methyl sites for hydroxylation is 1. The lowest BCUT2D eigenvalue weighted by atomic mass is 9.80. The topological polar surface area (TPSA) is 50.7 Å². The third-order valence-corrected chi connectivity index (χ3v) is 4.41. The van der Waals surface area contributed by atoms with Crippen molar-refractivity contribution in [3.8, 4) is 0 Å². The van der Waals surface area contributed by atoms with Gasteiger partial charge in [0, 0.05) is 18.6 Å². The van der Waals surface area contributed by atoms with Crippen LogP contribution in [0.4, 0.5) is 11.6 Å². The van der Waals surface area contributed by atoms with Crippen LogP contribution in [0.1, 0.15) is 49.8 Å². The van der Waals surface area contributed by atoms with Crippen LogP contribution in [0.15, 0.2) is 30.7 Å². The van der Waals surface area contributed by atoms with E-state index in [9.17, 15) is 0 Å². The molecule has 3 rings (SSSR count). The molecular weight excluding hydrogens is 260 g/mol. The number of pyridine rings is 1. The fraction of sp³-hybridized carbons (Fsp3) is 0.471. The van der Waals surface area contributed by atoms with Crippen molar-refractivity contribution in [1.82, 2.24) is 15.0 Å². The third kappa shape index (κ3) is 3.38. The van der Waals surface area contributed by atoms with Gasteiger partial charge in [-0.2, -0.15) is 0 Å². The normalized spacial score (nSPS) is 22.0. The van der Waals surface area contributed by atoms with Gasteiger partial charge in [-0.25, -0.2) is 9.97 Å². The highest BCUT2D eigenvalue weighted by atomic mass is 15.1. The van der Waals surface area contributed by atoms with Gasteiger partial charge >= 0.3 is 0 Å². The molecule has 1 fully saturated rings. The highest BCUT2D eigenvalue weighted by Gasteiger charge is 2.20. The maximum atomic E-state index is 4.55. The van der Waals surface area contributed by atoms with Gasteiger partial charge in [-0.15, -0.1) is 0 Å². The minimum absolute atomic E-state index is 0.622. The van der Waals surface area contributed by atoms with E-state index in [1.54, 1.807) is 12.4 Å². The van der Waals surface area contributed by atoms with Crippen LogP contribution in [0.3, 0.4) is 0 Å². The molecule has 0 bridgehead atoms. The smallest absolute Gasteiger partial charge is 0.227 e. The number of hydrogen-bond donors (Lipinski definition) is 1. The van der Waals surface area contributed by atoms with Crippen molar-refractivity contribution in [3.05, 3.63) is 42.0 Å².